The lowest BCUT2D eigenvalue weighted by molar-refractivity contribution is -0.146. The number of amides is 2. The maximum absolute atomic E-state index is 12.2. The van der Waals surface area contributed by atoms with Crippen molar-refractivity contribution in [1.82, 2.24) is 4.90 Å². The first kappa shape index (κ1) is 16.1. The van der Waals surface area contributed by atoms with Crippen molar-refractivity contribution in [3.05, 3.63) is 24.3 Å². The Morgan fingerprint density at radius 2 is 2.05 bits per heavy atom. The predicted molar refractivity (Wildman–Crippen MR) is 83.2 cm³/mol. The van der Waals surface area contributed by atoms with Gasteiger partial charge >= 0.3 is 12.0 Å². The van der Waals surface area contributed by atoms with E-state index in [2.05, 4.69) is 5.32 Å². The van der Waals surface area contributed by atoms with Gasteiger partial charge in [-0.25, -0.2) is 4.79 Å². The Hall–Kier alpha value is -2.24. The van der Waals surface area contributed by atoms with Crippen molar-refractivity contribution >= 4 is 17.7 Å². The quantitative estimate of drug-likeness (QED) is 0.876. The Labute approximate surface area is 130 Å². The zero-order valence-corrected chi connectivity index (χ0v) is 13.0. The number of carbonyl (C=O) groups excluding carboxylic acids is 1. The lowest BCUT2D eigenvalue weighted by Gasteiger charge is -2.20. The van der Waals surface area contributed by atoms with Crippen molar-refractivity contribution in [2.75, 3.05) is 25.0 Å². The monoisotopic (exact) mass is 306 g/mol. The van der Waals surface area contributed by atoms with Crippen LogP contribution in [0.3, 0.4) is 0 Å². The van der Waals surface area contributed by atoms with Crippen LogP contribution in [0, 0.1) is 5.41 Å². The van der Waals surface area contributed by atoms with Crippen LogP contribution in [0.4, 0.5) is 10.5 Å². The maximum atomic E-state index is 12.2. The molecule has 2 N–H and O–H groups in total. The summed E-state index contributed by atoms with van der Waals surface area (Å²) in [7, 11) is 0. The van der Waals surface area contributed by atoms with Crippen molar-refractivity contribution in [2.24, 2.45) is 5.41 Å². The molecule has 1 aromatic rings. The zero-order chi connectivity index (χ0) is 16.2. The first-order valence-electron chi connectivity index (χ1n) is 7.47. The van der Waals surface area contributed by atoms with Crippen LogP contribution < -0.4 is 10.1 Å². The van der Waals surface area contributed by atoms with E-state index in [1.165, 1.54) is 4.90 Å². The molecule has 0 spiro atoms. The molecule has 1 aliphatic rings. The summed E-state index contributed by atoms with van der Waals surface area (Å²) in [5, 5.41) is 12.0. The predicted octanol–water partition coefficient (Wildman–Crippen LogP) is 2.80. The molecule has 1 fully saturated rings. The number of urea groups is 1. The van der Waals surface area contributed by atoms with Gasteiger partial charge in [-0.15, -0.1) is 0 Å². The average molecular weight is 306 g/mol. The molecule has 1 unspecified atom stereocenters. The summed E-state index contributed by atoms with van der Waals surface area (Å²) in [4.78, 5) is 24.9. The van der Waals surface area contributed by atoms with E-state index in [4.69, 9.17) is 4.74 Å². The van der Waals surface area contributed by atoms with Crippen molar-refractivity contribution < 1.29 is 19.4 Å². The van der Waals surface area contributed by atoms with Gasteiger partial charge in [0.25, 0.3) is 0 Å². The molecule has 6 nitrogen and oxygen atoms in total. The van der Waals surface area contributed by atoms with E-state index in [0.29, 0.717) is 25.3 Å². The van der Waals surface area contributed by atoms with Crippen LogP contribution in [0.15, 0.2) is 24.3 Å². The van der Waals surface area contributed by atoms with Gasteiger partial charge in [-0.3, -0.25) is 4.79 Å². The molecule has 1 atom stereocenters. The van der Waals surface area contributed by atoms with Gasteiger partial charge in [0.1, 0.15) is 5.75 Å². The minimum Gasteiger partial charge on any atom is -0.494 e. The number of benzene rings is 1. The van der Waals surface area contributed by atoms with E-state index in [-0.39, 0.29) is 12.6 Å². The Kier molecular flexibility index (Phi) is 4.90. The van der Waals surface area contributed by atoms with Crippen molar-refractivity contribution in [1.29, 1.82) is 0 Å². The van der Waals surface area contributed by atoms with Gasteiger partial charge in [0.2, 0.25) is 0 Å². The Morgan fingerprint density at radius 3 is 2.59 bits per heavy atom. The summed E-state index contributed by atoms with van der Waals surface area (Å²) in [5.41, 5.74) is -0.187. The Balaban J connectivity index is 1.91. The van der Waals surface area contributed by atoms with Gasteiger partial charge < -0.3 is 20.1 Å². The highest BCUT2D eigenvalue weighted by molar-refractivity contribution is 5.90. The smallest absolute Gasteiger partial charge is 0.321 e. The van der Waals surface area contributed by atoms with E-state index >= 15 is 0 Å². The van der Waals surface area contributed by atoms with Crippen molar-refractivity contribution in [2.45, 2.75) is 26.7 Å². The zero-order valence-electron chi connectivity index (χ0n) is 13.0. The average Bonchev–Trinajstić information content (AvgIpc) is 2.91. The molecule has 6 heteroatoms. The van der Waals surface area contributed by atoms with Crippen LogP contribution in [-0.2, 0) is 4.79 Å². The molecule has 2 amide bonds. The molecular weight excluding hydrogens is 284 g/mol. The number of carbonyl (C=O) groups is 2. The van der Waals surface area contributed by atoms with Crippen LogP contribution in [-0.4, -0.2) is 41.7 Å². The molecule has 120 valence electrons. The number of hydrogen-bond acceptors (Lipinski definition) is 3. The Morgan fingerprint density at radius 1 is 1.36 bits per heavy atom. The number of carboxylic acids is 1. The molecule has 0 aromatic heterocycles. The van der Waals surface area contributed by atoms with E-state index in [0.717, 1.165) is 12.2 Å². The lowest BCUT2D eigenvalue weighted by atomic mass is 9.90. The number of hydrogen-bond donors (Lipinski definition) is 2. The maximum Gasteiger partial charge on any atom is 0.321 e. The van der Waals surface area contributed by atoms with Gasteiger partial charge in [0, 0.05) is 18.8 Å². The number of carboxylic acid groups (broad SMARTS) is 1. The fourth-order valence-electron chi connectivity index (χ4n) is 2.37. The molecule has 0 saturated carbocycles. The van der Waals surface area contributed by atoms with Crippen LogP contribution in [0.25, 0.3) is 0 Å². The normalized spacial score (nSPS) is 20.7. The SMILES string of the molecule is CCCOc1ccc(NC(=O)N2CCC(C)(C(=O)O)C2)cc1. The molecule has 2 rings (SSSR count). The standard InChI is InChI=1S/C16H22N2O4/c1-3-10-22-13-6-4-12(5-7-13)17-15(21)18-9-8-16(2,11-18)14(19)20/h4-7H,3,8-11H2,1-2H3,(H,17,21)(H,19,20). The van der Waals surface area contributed by atoms with Crippen LogP contribution >= 0.6 is 0 Å². The number of likely N-dealkylation sites (tertiary alicyclic amines) is 1. The van der Waals surface area contributed by atoms with E-state index in [1.54, 1.807) is 31.2 Å². The second-order valence-electron chi connectivity index (χ2n) is 5.84. The van der Waals surface area contributed by atoms with E-state index in [1.807, 2.05) is 6.92 Å². The van der Waals surface area contributed by atoms with Gasteiger partial charge in [0.15, 0.2) is 0 Å². The van der Waals surface area contributed by atoms with Crippen LogP contribution in [0.5, 0.6) is 5.75 Å². The topological polar surface area (TPSA) is 78.9 Å². The molecule has 1 heterocycles. The number of anilines is 1. The molecule has 1 aliphatic heterocycles. The van der Waals surface area contributed by atoms with Gasteiger partial charge in [-0.2, -0.15) is 0 Å². The summed E-state index contributed by atoms with van der Waals surface area (Å²) in [5.74, 6) is -0.0975. The largest absolute Gasteiger partial charge is 0.494 e. The third-order valence-corrected chi connectivity index (χ3v) is 3.86. The van der Waals surface area contributed by atoms with Crippen molar-refractivity contribution in [3.8, 4) is 5.75 Å². The summed E-state index contributed by atoms with van der Waals surface area (Å²) >= 11 is 0. The number of aliphatic carboxylic acids is 1. The highest BCUT2D eigenvalue weighted by atomic mass is 16.5. The van der Waals surface area contributed by atoms with Crippen molar-refractivity contribution in [3.63, 3.8) is 0 Å². The first-order valence-corrected chi connectivity index (χ1v) is 7.47. The highest BCUT2D eigenvalue weighted by Gasteiger charge is 2.42. The number of nitrogens with one attached hydrogen (secondary N) is 1. The molecule has 22 heavy (non-hydrogen) atoms. The van der Waals surface area contributed by atoms with Gasteiger partial charge in [0.05, 0.1) is 12.0 Å². The second kappa shape index (κ2) is 6.68. The fourth-order valence-corrected chi connectivity index (χ4v) is 2.37. The van der Waals surface area contributed by atoms with Gasteiger partial charge in [-0.1, -0.05) is 6.92 Å². The summed E-state index contributed by atoms with van der Waals surface area (Å²) in [6.45, 7) is 5.05. The van der Waals surface area contributed by atoms with Crippen LogP contribution in [0.2, 0.25) is 0 Å². The molecule has 1 aromatic carbocycles. The molecule has 0 bridgehead atoms. The summed E-state index contributed by atoms with van der Waals surface area (Å²) < 4.78 is 5.48. The summed E-state index contributed by atoms with van der Waals surface area (Å²) in [6.07, 6.45) is 1.41. The second-order valence-corrected chi connectivity index (χ2v) is 5.84. The van der Waals surface area contributed by atoms with Gasteiger partial charge in [-0.05, 0) is 44.0 Å². The lowest BCUT2D eigenvalue weighted by Crippen LogP contribution is -2.37. The third-order valence-electron chi connectivity index (χ3n) is 3.86. The Bertz CT molecular complexity index is 544. The number of ether oxygens (including phenoxy) is 1. The minimum absolute atomic E-state index is 0.228. The number of rotatable bonds is 5. The fraction of sp³-hybridized carbons (Fsp3) is 0.500. The molecular formula is C16H22N2O4. The van der Waals surface area contributed by atoms with Crippen LogP contribution in [0.1, 0.15) is 26.7 Å². The molecule has 1 saturated heterocycles. The minimum atomic E-state index is -0.861. The first-order chi connectivity index (χ1) is 10.4. The highest BCUT2D eigenvalue weighted by Crippen LogP contribution is 2.30. The molecule has 0 radical (unpaired) electrons. The summed E-state index contributed by atoms with van der Waals surface area (Å²) in [6, 6.07) is 6.88. The molecule has 0 aliphatic carbocycles. The van der Waals surface area contributed by atoms with E-state index in [9.17, 15) is 14.7 Å². The third kappa shape index (κ3) is 3.69. The number of nitrogens with zero attached hydrogens (tertiary/aromatic N) is 1. The van der Waals surface area contributed by atoms with E-state index < -0.39 is 11.4 Å².